The summed E-state index contributed by atoms with van der Waals surface area (Å²) in [6.45, 7) is 0.900. The number of guanidine groups is 1. The number of hydrogen-bond donors (Lipinski definition) is 3. The van der Waals surface area contributed by atoms with E-state index in [1.807, 2.05) is 0 Å². The van der Waals surface area contributed by atoms with Gasteiger partial charge < -0.3 is 11.5 Å². The molecule has 0 spiro atoms. The normalized spacial score (nSPS) is 18.9. The highest BCUT2D eigenvalue weighted by molar-refractivity contribution is 5.97. The van der Waals surface area contributed by atoms with Crippen LogP contribution in [0.2, 0.25) is 0 Å². The Morgan fingerprint density at radius 3 is 2.60 bits per heavy atom. The second kappa shape index (κ2) is 6.40. The van der Waals surface area contributed by atoms with E-state index in [4.69, 9.17) is 11.5 Å². The van der Waals surface area contributed by atoms with Crippen LogP contribution in [0.3, 0.4) is 0 Å². The second-order valence-corrected chi connectivity index (χ2v) is 3.88. The Kier molecular flexibility index (Phi) is 5.10. The fourth-order valence-electron chi connectivity index (χ4n) is 1.82. The smallest absolute Gasteiger partial charge is 0.229 e. The predicted octanol–water partition coefficient (Wildman–Crippen LogP) is -0.0437. The van der Waals surface area contributed by atoms with E-state index in [9.17, 15) is 4.79 Å². The van der Waals surface area contributed by atoms with Crippen LogP contribution < -0.4 is 16.8 Å². The summed E-state index contributed by atoms with van der Waals surface area (Å²) in [5.74, 6) is 0.314. The van der Waals surface area contributed by atoms with Gasteiger partial charge in [-0.05, 0) is 12.8 Å². The Balaban J connectivity index is 2.33. The highest BCUT2D eigenvalue weighted by Crippen LogP contribution is 2.23. The summed E-state index contributed by atoms with van der Waals surface area (Å²) in [6, 6.07) is 0. The lowest BCUT2D eigenvalue weighted by Gasteiger charge is -2.20. The van der Waals surface area contributed by atoms with E-state index in [-0.39, 0.29) is 17.8 Å². The molecule has 0 radical (unpaired) electrons. The van der Waals surface area contributed by atoms with E-state index in [1.165, 1.54) is 6.42 Å². The number of aliphatic imine (C=N–C) groups is 1. The van der Waals surface area contributed by atoms with Crippen LogP contribution in [0, 0.1) is 5.92 Å². The van der Waals surface area contributed by atoms with Crippen LogP contribution in [0.4, 0.5) is 0 Å². The molecule has 0 unspecified atom stereocenters. The zero-order chi connectivity index (χ0) is 11.1. The van der Waals surface area contributed by atoms with Gasteiger partial charge in [0.2, 0.25) is 5.91 Å². The first-order valence-electron chi connectivity index (χ1n) is 5.55. The van der Waals surface area contributed by atoms with Crippen molar-refractivity contribution >= 4 is 11.9 Å². The molecule has 0 aromatic heterocycles. The standard InChI is InChI=1S/C10H20N4O/c11-6-7-13-10(12)14-9(15)8-4-2-1-3-5-8/h8H,1-7,11H2,(H3,12,13,14,15). The highest BCUT2D eigenvalue weighted by Gasteiger charge is 2.21. The lowest BCUT2D eigenvalue weighted by atomic mass is 9.89. The Morgan fingerprint density at radius 2 is 2.00 bits per heavy atom. The number of carbonyl (C=O) groups is 1. The van der Waals surface area contributed by atoms with E-state index >= 15 is 0 Å². The van der Waals surface area contributed by atoms with Gasteiger partial charge in [0.05, 0.1) is 6.54 Å². The minimum Gasteiger partial charge on any atom is -0.370 e. The van der Waals surface area contributed by atoms with Gasteiger partial charge in [-0.2, -0.15) is 0 Å². The maximum atomic E-state index is 11.7. The fraction of sp³-hybridized carbons (Fsp3) is 0.800. The van der Waals surface area contributed by atoms with E-state index in [2.05, 4.69) is 10.3 Å². The van der Waals surface area contributed by atoms with Crippen molar-refractivity contribution in [1.82, 2.24) is 5.32 Å². The van der Waals surface area contributed by atoms with Gasteiger partial charge in [0.1, 0.15) is 0 Å². The predicted molar refractivity (Wildman–Crippen MR) is 60.3 cm³/mol. The van der Waals surface area contributed by atoms with Crippen LogP contribution in [-0.2, 0) is 4.79 Å². The Hall–Kier alpha value is -1.10. The first kappa shape index (κ1) is 12.0. The van der Waals surface area contributed by atoms with Crippen LogP contribution in [0.5, 0.6) is 0 Å². The molecule has 0 aromatic rings. The van der Waals surface area contributed by atoms with Crippen molar-refractivity contribution in [3.63, 3.8) is 0 Å². The molecule has 0 bridgehead atoms. The third-order valence-corrected chi connectivity index (χ3v) is 2.64. The van der Waals surface area contributed by atoms with Crippen LogP contribution in [0.1, 0.15) is 32.1 Å². The van der Waals surface area contributed by atoms with Gasteiger partial charge in [-0.15, -0.1) is 0 Å². The van der Waals surface area contributed by atoms with Gasteiger partial charge in [-0.1, -0.05) is 19.3 Å². The number of nitrogens with zero attached hydrogens (tertiary/aromatic N) is 1. The molecular weight excluding hydrogens is 192 g/mol. The number of nitrogens with two attached hydrogens (primary N) is 2. The molecule has 15 heavy (non-hydrogen) atoms. The number of carbonyl (C=O) groups excluding carboxylic acids is 1. The SMILES string of the molecule is NCCN=C(N)NC(=O)C1CCCCC1. The van der Waals surface area contributed by atoms with Crippen molar-refractivity contribution in [2.24, 2.45) is 22.4 Å². The quantitative estimate of drug-likeness (QED) is 0.452. The number of amides is 1. The molecule has 0 aromatic carbocycles. The maximum absolute atomic E-state index is 11.7. The molecule has 0 aliphatic heterocycles. The summed E-state index contributed by atoms with van der Waals surface area (Å²) in [6.07, 6.45) is 5.45. The molecule has 0 atom stereocenters. The van der Waals surface area contributed by atoms with Gasteiger partial charge in [0.15, 0.2) is 5.96 Å². The molecule has 1 fully saturated rings. The van der Waals surface area contributed by atoms with Crippen molar-refractivity contribution in [1.29, 1.82) is 0 Å². The van der Waals surface area contributed by atoms with Gasteiger partial charge in [-0.3, -0.25) is 15.1 Å². The van der Waals surface area contributed by atoms with Gasteiger partial charge in [0.25, 0.3) is 0 Å². The van der Waals surface area contributed by atoms with E-state index in [0.29, 0.717) is 13.1 Å². The maximum Gasteiger partial charge on any atom is 0.229 e. The molecule has 5 heteroatoms. The van der Waals surface area contributed by atoms with Gasteiger partial charge >= 0.3 is 0 Å². The largest absolute Gasteiger partial charge is 0.370 e. The first-order valence-corrected chi connectivity index (χ1v) is 5.55. The molecule has 1 aliphatic rings. The summed E-state index contributed by atoms with van der Waals surface area (Å²) >= 11 is 0. The third kappa shape index (κ3) is 4.29. The summed E-state index contributed by atoms with van der Waals surface area (Å²) < 4.78 is 0. The van der Waals surface area contributed by atoms with Crippen LogP contribution >= 0.6 is 0 Å². The fourth-order valence-corrected chi connectivity index (χ4v) is 1.82. The Bertz CT molecular complexity index is 234. The van der Waals surface area contributed by atoms with Gasteiger partial charge in [-0.25, -0.2) is 0 Å². The minimum absolute atomic E-state index is 0.00738. The lowest BCUT2D eigenvalue weighted by Crippen LogP contribution is -2.41. The molecule has 1 aliphatic carbocycles. The zero-order valence-electron chi connectivity index (χ0n) is 9.04. The molecule has 1 amide bonds. The van der Waals surface area contributed by atoms with Crippen LogP contribution in [0.15, 0.2) is 4.99 Å². The van der Waals surface area contributed by atoms with Crippen molar-refractivity contribution in [2.45, 2.75) is 32.1 Å². The van der Waals surface area contributed by atoms with Gasteiger partial charge in [0, 0.05) is 12.5 Å². The average molecular weight is 212 g/mol. The lowest BCUT2D eigenvalue weighted by molar-refractivity contribution is -0.124. The molecule has 1 saturated carbocycles. The molecule has 5 N–H and O–H groups in total. The van der Waals surface area contributed by atoms with E-state index < -0.39 is 0 Å². The Labute approximate surface area is 90.3 Å². The second-order valence-electron chi connectivity index (χ2n) is 3.88. The number of hydrogen-bond acceptors (Lipinski definition) is 3. The van der Waals surface area contributed by atoms with Crippen LogP contribution in [-0.4, -0.2) is 25.0 Å². The summed E-state index contributed by atoms with van der Waals surface area (Å²) in [7, 11) is 0. The third-order valence-electron chi connectivity index (χ3n) is 2.64. The molecule has 5 nitrogen and oxygen atoms in total. The molecule has 1 rings (SSSR count). The van der Waals surface area contributed by atoms with E-state index in [1.54, 1.807) is 0 Å². The number of nitrogens with one attached hydrogen (secondary N) is 1. The molecular formula is C10H20N4O. The average Bonchev–Trinajstić information content (AvgIpc) is 2.27. The molecule has 0 saturated heterocycles. The molecule has 86 valence electrons. The van der Waals surface area contributed by atoms with Crippen molar-refractivity contribution in [3.8, 4) is 0 Å². The minimum atomic E-state index is 0.00738. The van der Waals surface area contributed by atoms with Crippen molar-refractivity contribution < 1.29 is 4.79 Å². The summed E-state index contributed by atoms with van der Waals surface area (Å²) in [5.41, 5.74) is 10.8. The van der Waals surface area contributed by atoms with Crippen molar-refractivity contribution in [2.75, 3.05) is 13.1 Å². The number of rotatable bonds is 3. The van der Waals surface area contributed by atoms with E-state index in [0.717, 1.165) is 25.7 Å². The van der Waals surface area contributed by atoms with Crippen LogP contribution in [0.25, 0.3) is 0 Å². The van der Waals surface area contributed by atoms with Crippen molar-refractivity contribution in [3.05, 3.63) is 0 Å². The monoisotopic (exact) mass is 212 g/mol. The zero-order valence-corrected chi connectivity index (χ0v) is 9.04. The topological polar surface area (TPSA) is 93.5 Å². The summed E-state index contributed by atoms with van der Waals surface area (Å²) in [5, 5.41) is 2.62. The highest BCUT2D eigenvalue weighted by atomic mass is 16.2. The Morgan fingerprint density at radius 1 is 1.33 bits per heavy atom. The molecule has 0 heterocycles. The first-order chi connectivity index (χ1) is 7.24. The summed E-state index contributed by atoms with van der Waals surface area (Å²) in [4.78, 5) is 15.6.